The Hall–Kier alpha value is -2.66. The number of hydrogen-bond acceptors (Lipinski definition) is 3. The van der Waals surface area contributed by atoms with Crippen LogP contribution in [0.3, 0.4) is 0 Å². The number of aliphatic hydroxyl groups is 1. The van der Waals surface area contributed by atoms with Gasteiger partial charge < -0.3 is 15.7 Å². The quantitative estimate of drug-likeness (QED) is 0.590. The molecule has 2 rings (SSSR count). The van der Waals surface area contributed by atoms with E-state index in [0.717, 1.165) is 30.4 Å². The first kappa shape index (κ1) is 21.6. The Kier molecular flexibility index (Phi) is 8.69. The van der Waals surface area contributed by atoms with E-state index in [0.29, 0.717) is 0 Å². The molecule has 5 heteroatoms. The van der Waals surface area contributed by atoms with Gasteiger partial charge in [0.2, 0.25) is 11.8 Å². The normalized spacial score (nSPS) is 13.0. The Morgan fingerprint density at radius 1 is 0.929 bits per heavy atom. The van der Waals surface area contributed by atoms with Gasteiger partial charge in [-0.15, -0.1) is 0 Å². The smallest absolute Gasteiger partial charge is 0.249 e. The molecular weight excluding hydrogens is 352 g/mol. The van der Waals surface area contributed by atoms with Crippen molar-refractivity contribution in [3.05, 3.63) is 71.8 Å². The van der Waals surface area contributed by atoms with Gasteiger partial charge in [-0.3, -0.25) is 9.59 Å². The van der Waals surface area contributed by atoms with E-state index in [1.807, 2.05) is 74.5 Å². The lowest BCUT2D eigenvalue weighted by molar-refractivity contribution is -0.134. The average molecular weight is 383 g/mol. The van der Waals surface area contributed by atoms with Gasteiger partial charge in [0.05, 0.1) is 12.6 Å². The lowest BCUT2D eigenvalue weighted by Gasteiger charge is -2.22. The van der Waals surface area contributed by atoms with Crippen molar-refractivity contribution in [2.24, 2.45) is 5.92 Å². The maximum Gasteiger partial charge on any atom is 0.249 e. The maximum atomic E-state index is 12.5. The number of aliphatic hydroxyl groups excluding tert-OH is 1. The van der Waals surface area contributed by atoms with Crippen molar-refractivity contribution in [1.29, 1.82) is 0 Å². The third-order valence-electron chi connectivity index (χ3n) is 4.89. The highest BCUT2D eigenvalue weighted by molar-refractivity contribution is 5.87. The van der Waals surface area contributed by atoms with Crippen LogP contribution in [0.1, 0.15) is 50.3 Å². The van der Waals surface area contributed by atoms with Gasteiger partial charge in [-0.25, -0.2) is 0 Å². The summed E-state index contributed by atoms with van der Waals surface area (Å²) in [6.45, 7) is 3.80. The van der Waals surface area contributed by atoms with Crippen molar-refractivity contribution in [1.82, 2.24) is 10.6 Å². The number of hydrogen-bond donors (Lipinski definition) is 3. The van der Waals surface area contributed by atoms with Gasteiger partial charge in [-0.05, 0) is 23.5 Å². The fraction of sp³-hybridized carbons (Fsp3) is 0.391. The van der Waals surface area contributed by atoms with Crippen LogP contribution in [0.15, 0.2) is 60.7 Å². The summed E-state index contributed by atoms with van der Waals surface area (Å²) in [5.41, 5.74) is 1.92. The Labute approximate surface area is 167 Å². The zero-order valence-corrected chi connectivity index (χ0v) is 16.6. The number of rotatable bonds is 10. The minimum absolute atomic E-state index is 0.0885. The van der Waals surface area contributed by atoms with Crippen molar-refractivity contribution in [2.75, 3.05) is 6.54 Å². The molecule has 0 fully saturated rings. The van der Waals surface area contributed by atoms with Crippen LogP contribution in [0.4, 0.5) is 0 Å². The van der Waals surface area contributed by atoms with Crippen LogP contribution < -0.4 is 10.6 Å². The van der Waals surface area contributed by atoms with Gasteiger partial charge in [0.25, 0.3) is 0 Å². The summed E-state index contributed by atoms with van der Waals surface area (Å²) >= 11 is 0. The molecule has 0 radical (unpaired) electrons. The first-order valence-electron chi connectivity index (χ1n) is 9.91. The Morgan fingerprint density at radius 3 is 1.93 bits per heavy atom. The minimum atomic E-state index is -1.09. The number of carbonyl (C=O) groups excluding carboxylic acids is 2. The van der Waals surface area contributed by atoms with Crippen molar-refractivity contribution in [2.45, 2.75) is 45.3 Å². The largest absolute Gasteiger partial charge is 0.383 e. The fourth-order valence-corrected chi connectivity index (χ4v) is 3.30. The molecule has 2 atom stereocenters. The van der Waals surface area contributed by atoms with E-state index in [1.54, 1.807) is 0 Å². The summed E-state index contributed by atoms with van der Waals surface area (Å²) in [5.74, 6) is -0.886. The van der Waals surface area contributed by atoms with E-state index < -0.39 is 12.0 Å². The summed E-state index contributed by atoms with van der Waals surface area (Å²) in [7, 11) is 0. The second kappa shape index (κ2) is 11.2. The summed E-state index contributed by atoms with van der Waals surface area (Å²) in [6, 6.07) is 19.1. The molecule has 0 heterocycles. The number of nitrogens with one attached hydrogen (secondary N) is 2. The molecule has 0 aliphatic rings. The lowest BCUT2D eigenvalue weighted by Crippen LogP contribution is -2.44. The van der Waals surface area contributed by atoms with E-state index in [1.165, 1.54) is 0 Å². The topological polar surface area (TPSA) is 78.4 Å². The molecule has 2 amide bonds. The van der Waals surface area contributed by atoms with E-state index in [9.17, 15) is 14.7 Å². The summed E-state index contributed by atoms with van der Waals surface area (Å²) in [5, 5.41) is 15.8. The highest BCUT2D eigenvalue weighted by Crippen LogP contribution is 2.21. The molecule has 0 saturated heterocycles. The van der Waals surface area contributed by atoms with Gasteiger partial charge in [-0.2, -0.15) is 0 Å². The lowest BCUT2D eigenvalue weighted by atomic mass is 9.94. The maximum absolute atomic E-state index is 12.5. The van der Waals surface area contributed by atoms with Gasteiger partial charge in [0.1, 0.15) is 6.10 Å². The summed E-state index contributed by atoms with van der Waals surface area (Å²) in [4.78, 5) is 24.7. The molecule has 0 bridgehead atoms. The van der Waals surface area contributed by atoms with Crippen LogP contribution in [0.2, 0.25) is 0 Å². The van der Waals surface area contributed by atoms with Crippen molar-refractivity contribution in [3.8, 4) is 0 Å². The van der Waals surface area contributed by atoms with Crippen LogP contribution in [0.25, 0.3) is 0 Å². The second-order valence-electron chi connectivity index (χ2n) is 6.94. The van der Waals surface area contributed by atoms with Gasteiger partial charge in [-0.1, -0.05) is 87.4 Å². The highest BCUT2D eigenvalue weighted by atomic mass is 16.3. The van der Waals surface area contributed by atoms with Crippen LogP contribution >= 0.6 is 0 Å². The van der Waals surface area contributed by atoms with E-state index in [2.05, 4.69) is 10.6 Å². The number of carbonyl (C=O) groups is 2. The monoisotopic (exact) mass is 382 g/mol. The second-order valence-corrected chi connectivity index (χ2v) is 6.94. The van der Waals surface area contributed by atoms with E-state index in [4.69, 9.17) is 0 Å². The first-order chi connectivity index (χ1) is 13.6. The fourth-order valence-electron chi connectivity index (χ4n) is 3.30. The molecule has 150 valence electrons. The van der Waals surface area contributed by atoms with Crippen molar-refractivity contribution < 1.29 is 14.7 Å². The first-order valence-corrected chi connectivity index (χ1v) is 9.91. The van der Waals surface area contributed by atoms with Crippen LogP contribution in [0, 0.1) is 5.92 Å². The van der Waals surface area contributed by atoms with Gasteiger partial charge >= 0.3 is 0 Å². The third-order valence-corrected chi connectivity index (χ3v) is 4.89. The molecule has 5 nitrogen and oxygen atoms in total. The molecule has 0 aromatic heterocycles. The van der Waals surface area contributed by atoms with Crippen molar-refractivity contribution >= 4 is 11.8 Å². The van der Waals surface area contributed by atoms with Gasteiger partial charge in [0.15, 0.2) is 0 Å². The summed E-state index contributed by atoms with van der Waals surface area (Å²) < 4.78 is 0. The molecule has 0 spiro atoms. The Morgan fingerprint density at radius 2 is 1.46 bits per heavy atom. The molecule has 0 aliphatic heterocycles. The number of amides is 2. The molecule has 2 aromatic rings. The molecule has 2 aromatic carbocycles. The predicted molar refractivity (Wildman–Crippen MR) is 111 cm³/mol. The van der Waals surface area contributed by atoms with Crippen molar-refractivity contribution in [3.63, 3.8) is 0 Å². The minimum Gasteiger partial charge on any atom is -0.383 e. The van der Waals surface area contributed by atoms with Crippen LogP contribution in [-0.2, 0) is 9.59 Å². The zero-order valence-electron chi connectivity index (χ0n) is 16.6. The van der Waals surface area contributed by atoms with Gasteiger partial charge in [0, 0.05) is 0 Å². The molecule has 0 aliphatic carbocycles. The third kappa shape index (κ3) is 6.20. The van der Waals surface area contributed by atoms with Crippen LogP contribution in [0.5, 0.6) is 0 Å². The van der Waals surface area contributed by atoms with E-state index >= 15 is 0 Å². The molecule has 3 N–H and O–H groups in total. The SMILES string of the molecule is CCCC(CC)C(O)C(=O)NCC(=O)NC(c1ccccc1)c1ccccc1. The van der Waals surface area contributed by atoms with E-state index in [-0.39, 0.29) is 24.4 Å². The predicted octanol–water partition coefficient (Wildman–Crippen LogP) is 3.20. The molecule has 0 saturated carbocycles. The Balaban J connectivity index is 2.00. The average Bonchev–Trinajstić information content (AvgIpc) is 2.74. The highest BCUT2D eigenvalue weighted by Gasteiger charge is 2.24. The number of benzene rings is 2. The standard InChI is InChI=1S/C23H30N2O3/c1-3-11-17(4-2)22(27)23(28)24-16-20(26)25-21(18-12-7-5-8-13-18)19-14-9-6-10-15-19/h5-10,12-15,17,21-22,27H,3-4,11,16H2,1-2H3,(H,24,28)(H,25,26). The summed E-state index contributed by atoms with van der Waals surface area (Å²) in [6.07, 6.45) is 1.32. The zero-order chi connectivity index (χ0) is 20.4. The molecule has 28 heavy (non-hydrogen) atoms. The Bertz CT molecular complexity index is 695. The molecular formula is C23H30N2O3. The van der Waals surface area contributed by atoms with Crippen LogP contribution in [-0.4, -0.2) is 29.6 Å². The molecule has 2 unspecified atom stereocenters.